The van der Waals surface area contributed by atoms with Gasteiger partial charge in [-0.05, 0) is 19.1 Å². The van der Waals surface area contributed by atoms with Gasteiger partial charge in [0.2, 0.25) is 10.0 Å². The molecule has 6 heteroatoms. The summed E-state index contributed by atoms with van der Waals surface area (Å²) in [7, 11) is -3.66. The lowest BCUT2D eigenvalue weighted by Crippen LogP contribution is -2.34. The number of likely N-dealkylation sites (N-methyl/N-ethyl adjacent to an activating group) is 1. The minimum absolute atomic E-state index is 0.0663. The monoisotopic (exact) mass is 273 g/mol. The van der Waals surface area contributed by atoms with Crippen LogP contribution in [-0.2, 0) is 14.8 Å². The van der Waals surface area contributed by atoms with Crippen LogP contribution in [0.5, 0.6) is 5.75 Å². The molecule has 0 saturated heterocycles. The lowest BCUT2D eigenvalue weighted by atomic mass is 10.3. The Balaban J connectivity index is 2.93. The maximum Gasteiger partial charge on any atom is 0.246 e. The van der Waals surface area contributed by atoms with Crippen molar-refractivity contribution < 1.29 is 18.3 Å². The Morgan fingerprint density at radius 1 is 1.28 bits per heavy atom. The molecule has 0 aliphatic carbocycles. The van der Waals surface area contributed by atoms with Crippen LogP contribution in [0.4, 0.5) is 0 Å². The van der Waals surface area contributed by atoms with Gasteiger partial charge in [-0.3, -0.25) is 0 Å². The van der Waals surface area contributed by atoms with E-state index in [0.717, 1.165) is 0 Å². The van der Waals surface area contributed by atoms with E-state index >= 15 is 0 Å². The first-order valence-corrected chi connectivity index (χ1v) is 7.34. The molecule has 5 nitrogen and oxygen atoms in total. The Morgan fingerprint density at radius 2 is 1.94 bits per heavy atom. The summed E-state index contributed by atoms with van der Waals surface area (Å²) in [5.41, 5.74) is 0. The molecule has 0 radical (unpaired) electrons. The van der Waals surface area contributed by atoms with E-state index in [-0.39, 0.29) is 17.2 Å². The van der Waals surface area contributed by atoms with Gasteiger partial charge in [0.25, 0.3) is 0 Å². The highest BCUT2D eigenvalue weighted by atomic mass is 32.2. The van der Waals surface area contributed by atoms with Gasteiger partial charge in [0.1, 0.15) is 10.6 Å². The summed E-state index contributed by atoms with van der Waals surface area (Å²) in [5, 5.41) is 9.63. The maximum absolute atomic E-state index is 12.3. The van der Waals surface area contributed by atoms with E-state index in [9.17, 15) is 13.5 Å². The number of benzene rings is 1. The second-order valence-corrected chi connectivity index (χ2v) is 5.57. The fourth-order valence-electron chi connectivity index (χ4n) is 1.57. The Labute approximate surface area is 108 Å². The first-order valence-electron chi connectivity index (χ1n) is 5.90. The van der Waals surface area contributed by atoms with E-state index in [2.05, 4.69) is 0 Å². The van der Waals surface area contributed by atoms with Gasteiger partial charge < -0.3 is 9.84 Å². The highest BCUT2D eigenvalue weighted by Gasteiger charge is 2.25. The van der Waals surface area contributed by atoms with Gasteiger partial charge in [-0.15, -0.1) is 0 Å². The number of ether oxygens (including phenoxy) is 1. The number of nitrogens with zero attached hydrogens (tertiary/aromatic N) is 1. The molecule has 1 aromatic rings. The number of sulfonamides is 1. The summed E-state index contributed by atoms with van der Waals surface area (Å²) in [4.78, 5) is -0.0663. The molecule has 0 heterocycles. The Morgan fingerprint density at radius 3 is 2.50 bits per heavy atom. The Kier molecular flexibility index (Phi) is 5.58. The van der Waals surface area contributed by atoms with Crippen LogP contribution in [0.3, 0.4) is 0 Å². The fourth-order valence-corrected chi connectivity index (χ4v) is 3.09. The fraction of sp³-hybridized carbons (Fsp3) is 0.500. The van der Waals surface area contributed by atoms with Gasteiger partial charge in [-0.2, -0.15) is 4.31 Å². The van der Waals surface area contributed by atoms with Crippen molar-refractivity contribution in [2.75, 3.05) is 26.3 Å². The van der Waals surface area contributed by atoms with E-state index in [4.69, 9.17) is 4.74 Å². The van der Waals surface area contributed by atoms with Crippen molar-refractivity contribution in [2.45, 2.75) is 18.7 Å². The van der Waals surface area contributed by atoms with Crippen LogP contribution in [-0.4, -0.2) is 44.1 Å². The molecule has 18 heavy (non-hydrogen) atoms. The second-order valence-electron chi connectivity index (χ2n) is 3.66. The van der Waals surface area contributed by atoms with E-state index in [1.165, 1.54) is 16.4 Å². The summed E-state index contributed by atoms with van der Waals surface area (Å²) >= 11 is 0. The zero-order chi connectivity index (χ0) is 13.6. The molecule has 0 aliphatic rings. The van der Waals surface area contributed by atoms with Gasteiger partial charge >= 0.3 is 0 Å². The van der Waals surface area contributed by atoms with Crippen molar-refractivity contribution >= 4 is 10.0 Å². The molecular formula is C12H19NO4S. The summed E-state index contributed by atoms with van der Waals surface area (Å²) in [6, 6.07) is 5.94. The number of phenols is 1. The Bertz CT molecular complexity index is 473. The first-order chi connectivity index (χ1) is 8.54. The van der Waals surface area contributed by atoms with E-state index in [1.807, 2.05) is 6.92 Å². The van der Waals surface area contributed by atoms with Gasteiger partial charge in [-0.25, -0.2) is 8.42 Å². The lowest BCUT2D eigenvalue weighted by molar-refractivity contribution is 0.135. The molecule has 0 unspecified atom stereocenters. The van der Waals surface area contributed by atoms with Crippen molar-refractivity contribution in [1.82, 2.24) is 4.31 Å². The largest absolute Gasteiger partial charge is 0.507 e. The number of aromatic hydroxyl groups is 1. The zero-order valence-corrected chi connectivity index (χ0v) is 11.5. The molecule has 1 N–H and O–H groups in total. The van der Waals surface area contributed by atoms with E-state index < -0.39 is 10.0 Å². The SMILES string of the molecule is CCOCCN(CC)S(=O)(=O)c1ccccc1O. The Hall–Kier alpha value is -1.11. The number of phenolic OH excluding ortho intramolecular Hbond substituents is 1. The summed E-state index contributed by atoms with van der Waals surface area (Å²) in [6.07, 6.45) is 0. The van der Waals surface area contributed by atoms with Gasteiger partial charge in [-0.1, -0.05) is 19.1 Å². The van der Waals surface area contributed by atoms with Crippen molar-refractivity contribution in [3.63, 3.8) is 0 Å². The molecule has 1 rings (SSSR count). The molecule has 0 aromatic heterocycles. The standard InChI is InChI=1S/C12H19NO4S/c1-3-13(9-10-17-4-2)18(15,16)12-8-6-5-7-11(12)14/h5-8,14H,3-4,9-10H2,1-2H3. The van der Waals surface area contributed by atoms with Crippen LogP contribution >= 0.6 is 0 Å². The zero-order valence-electron chi connectivity index (χ0n) is 10.7. The molecule has 102 valence electrons. The third-order valence-electron chi connectivity index (χ3n) is 2.52. The average Bonchev–Trinajstić information content (AvgIpc) is 2.34. The summed E-state index contributed by atoms with van der Waals surface area (Å²) < 4.78 is 31.0. The van der Waals surface area contributed by atoms with Crippen molar-refractivity contribution in [3.05, 3.63) is 24.3 Å². The average molecular weight is 273 g/mol. The van der Waals surface area contributed by atoms with Crippen LogP contribution < -0.4 is 0 Å². The smallest absolute Gasteiger partial charge is 0.246 e. The summed E-state index contributed by atoms with van der Waals surface area (Å²) in [5.74, 6) is -0.229. The van der Waals surface area contributed by atoms with Crippen LogP contribution in [0.1, 0.15) is 13.8 Å². The quantitative estimate of drug-likeness (QED) is 0.763. The van der Waals surface area contributed by atoms with Crippen molar-refractivity contribution in [3.8, 4) is 5.75 Å². The number of hydrogen-bond donors (Lipinski definition) is 1. The molecule has 0 spiro atoms. The molecule has 0 fully saturated rings. The third kappa shape index (κ3) is 3.44. The number of rotatable bonds is 7. The highest BCUT2D eigenvalue weighted by molar-refractivity contribution is 7.89. The molecule has 0 saturated carbocycles. The minimum atomic E-state index is -3.66. The van der Waals surface area contributed by atoms with E-state index in [1.54, 1.807) is 19.1 Å². The predicted molar refractivity (Wildman–Crippen MR) is 69.0 cm³/mol. The van der Waals surface area contributed by atoms with Crippen molar-refractivity contribution in [2.24, 2.45) is 0 Å². The normalized spacial score (nSPS) is 11.9. The molecular weight excluding hydrogens is 254 g/mol. The number of para-hydroxylation sites is 1. The minimum Gasteiger partial charge on any atom is -0.507 e. The highest BCUT2D eigenvalue weighted by Crippen LogP contribution is 2.24. The predicted octanol–water partition coefficient (Wildman–Crippen LogP) is 1.44. The lowest BCUT2D eigenvalue weighted by Gasteiger charge is -2.20. The van der Waals surface area contributed by atoms with Crippen molar-refractivity contribution in [1.29, 1.82) is 0 Å². The molecule has 0 aliphatic heterocycles. The molecule has 0 bridgehead atoms. The first kappa shape index (κ1) is 14.9. The van der Waals surface area contributed by atoms with Gasteiger partial charge in [0.05, 0.1) is 6.61 Å². The van der Waals surface area contributed by atoms with E-state index in [0.29, 0.717) is 19.8 Å². The second kappa shape index (κ2) is 6.72. The third-order valence-corrected chi connectivity index (χ3v) is 4.55. The van der Waals surface area contributed by atoms with Crippen LogP contribution in [0, 0.1) is 0 Å². The van der Waals surface area contributed by atoms with Crippen LogP contribution in [0.2, 0.25) is 0 Å². The molecule has 1 aromatic carbocycles. The molecule has 0 atom stereocenters. The number of hydrogen-bond acceptors (Lipinski definition) is 4. The molecule has 0 amide bonds. The van der Waals surface area contributed by atoms with Crippen LogP contribution in [0.25, 0.3) is 0 Å². The van der Waals surface area contributed by atoms with Crippen LogP contribution in [0.15, 0.2) is 29.2 Å². The van der Waals surface area contributed by atoms with Gasteiger partial charge in [0.15, 0.2) is 0 Å². The topological polar surface area (TPSA) is 66.8 Å². The summed E-state index contributed by atoms with van der Waals surface area (Å²) in [6.45, 7) is 5.12. The van der Waals surface area contributed by atoms with Gasteiger partial charge in [0, 0.05) is 19.7 Å². The maximum atomic E-state index is 12.3.